The molecule has 1 unspecified atom stereocenters. The smallest absolute Gasteiger partial charge is 0.330 e. The van der Waals surface area contributed by atoms with E-state index in [9.17, 15) is 17.6 Å². The molecule has 0 saturated heterocycles. The number of rotatable bonds is 3. The zero-order valence-corrected chi connectivity index (χ0v) is 8.81. The van der Waals surface area contributed by atoms with E-state index in [1.54, 1.807) is 0 Å². The molecule has 0 fully saturated rings. The van der Waals surface area contributed by atoms with E-state index in [4.69, 9.17) is 5.73 Å². The summed E-state index contributed by atoms with van der Waals surface area (Å²) in [7, 11) is 0. The SMILES string of the molecule is Cc1cc(C(F)(F)F)ccc1C(F)CCN. The van der Waals surface area contributed by atoms with Crippen LogP contribution in [0.25, 0.3) is 0 Å². The van der Waals surface area contributed by atoms with Crippen molar-refractivity contribution in [1.82, 2.24) is 0 Å². The van der Waals surface area contributed by atoms with Gasteiger partial charge in [0.2, 0.25) is 0 Å². The molecule has 0 radical (unpaired) electrons. The summed E-state index contributed by atoms with van der Waals surface area (Å²) in [4.78, 5) is 0. The fourth-order valence-corrected chi connectivity index (χ4v) is 1.51. The van der Waals surface area contributed by atoms with Crippen molar-refractivity contribution in [2.45, 2.75) is 25.7 Å². The van der Waals surface area contributed by atoms with E-state index in [2.05, 4.69) is 0 Å². The average molecular weight is 235 g/mol. The Morgan fingerprint density at radius 2 is 1.94 bits per heavy atom. The molecule has 0 aliphatic carbocycles. The lowest BCUT2D eigenvalue weighted by Gasteiger charge is -2.13. The zero-order chi connectivity index (χ0) is 12.3. The van der Waals surface area contributed by atoms with Crippen LogP contribution in [0.5, 0.6) is 0 Å². The van der Waals surface area contributed by atoms with Crippen molar-refractivity contribution < 1.29 is 17.6 Å². The van der Waals surface area contributed by atoms with Crippen molar-refractivity contribution in [3.8, 4) is 0 Å². The van der Waals surface area contributed by atoms with Crippen LogP contribution >= 0.6 is 0 Å². The molecule has 1 aromatic rings. The summed E-state index contributed by atoms with van der Waals surface area (Å²) in [5.74, 6) is 0. The van der Waals surface area contributed by atoms with Gasteiger partial charge in [-0.05, 0) is 43.1 Å². The monoisotopic (exact) mass is 235 g/mol. The number of halogens is 4. The van der Waals surface area contributed by atoms with Crippen LogP contribution < -0.4 is 5.73 Å². The Bertz CT molecular complexity index is 359. The minimum atomic E-state index is -4.39. The van der Waals surface area contributed by atoms with E-state index in [0.29, 0.717) is 5.56 Å². The molecule has 1 rings (SSSR count). The number of aryl methyl sites for hydroxylation is 1. The van der Waals surface area contributed by atoms with Crippen molar-refractivity contribution in [3.63, 3.8) is 0 Å². The van der Waals surface area contributed by atoms with Gasteiger partial charge in [0.15, 0.2) is 0 Å². The topological polar surface area (TPSA) is 26.0 Å². The second kappa shape index (κ2) is 4.82. The third-order valence-corrected chi connectivity index (χ3v) is 2.35. The predicted molar refractivity (Wildman–Crippen MR) is 53.7 cm³/mol. The molecule has 1 nitrogen and oxygen atoms in total. The lowest BCUT2D eigenvalue weighted by Crippen LogP contribution is -2.08. The van der Waals surface area contributed by atoms with Gasteiger partial charge in [0.25, 0.3) is 0 Å². The molecule has 90 valence electrons. The van der Waals surface area contributed by atoms with E-state index >= 15 is 0 Å². The molecule has 0 heterocycles. The highest BCUT2D eigenvalue weighted by Crippen LogP contribution is 2.32. The minimum absolute atomic E-state index is 0.117. The maximum Gasteiger partial charge on any atom is 0.416 e. The molecule has 1 aromatic carbocycles. The number of hydrogen-bond donors (Lipinski definition) is 1. The molecule has 2 N–H and O–H groups in total. The number of alkyl halides is 4. The molecule has 5 heteroatoms. The summed E-state index contributed by atoms with van der Waals surface area (Å²) in [5, 5.41) is 0. The summed E-state index contributed by atoms with van der Waals surface area (Å²) in [6.07, 6.45) is -5.57. The summed E-state index contributed by atoms with van der Waals surface area (Å²) < 4.78 is 50.5. The predicted octanol–water partition coefficient (Wildman–Crippen LogP) is 3.37. The molecule has 0 spiro atoms. The van der Waals surface area contributed by atoms with Crippen molar-refractivity contribution >= 4 is 0 Å². The molecule has 0 saturated carbocycles. The summed E-state index contributed by atoms with van der Waals surface area (Å²) in [5.41, 5.74) is 5.02. The van der Waals surface area contributed by atoms with Gasteiger partial charge in [-0.2, -0.15) is 13.2 Å². The first kappa shape index (κ1) is 13.0. The fourth-order valence-electron chi connectivity index (χ4n) is 1.51. The lowest BCUT2D eigenvalue weighted by atomic mass is 9.99. The molecule has 1 atom stereocenters. The Kier molecular flexibility index (Phi) is 3.91. The molecular formula is C11H13F4N. The molecule has 16 heavy (non-hydrogen) atoms. The third kappa shape index (κ3) is 2.95. The lowest BCUT2D eigenvalue weighted by molar-refractivity contribution is -0.137. The highest BCUT2D eigenvalue weighted by Gasteiger charge is 2.31. The van der Waals surface area contributed by atoms with Gasteiger partial charge < -0.3 is 5.73 Å². The van der Waals surface area contributed by atoms with Crippen molar-refractivity contribution in [1.29, 1.82) is 0 Å². The van der Waals surface area contributed by atoms with E-state index in [1.807, 2.05) is 0 Å². The van der Waals surface area contributed by atoms with Crippen LogP contribution in [0.15, 0.2) is 18.2 Å². The molecule has 0 bridgehead atoms. The first-order chi connectivity index (χ1) is 7.36. The Balaban J connectivity index is 3.00. The molecule has 0 aromatic heterocycles. The van der Waals surface area contributed by atoms with E-state index in [-0.39, 0.29) is 18.5 Å². The highest BCUT2D eigenvalue weighted by molar-refractivity contribution is 5.34. The highest BCUT2D eigenvalue weighted by atomic mass is 19.4. The van der Waals surface area contributed by atoms with Gasteiger partial charge in [-0.1, -0.05) is 6.07 Å². The minimum Gasteiger partial charge on any atom is -0.330 e. The summed E-state index contributed by atoms with van der Waals surface area (Å²) in [6, 6.07) is 3.03. The van der Waals surface area contributed by atoms with Crippen LogP contribution in [0.1, 0.15) is 29.3 Å². The molecule has 0 aliphatic heterocycles. The first-order valence-electron chi connectivity index (χ1n) is 4.88. The van der Waals surface area contributed by atoms with Crippen molar-refractivity contribution in [3.05, 3.63) is 34.9 Å². The van der Waals surface area contributed by atoms with Crippen molar-refractivity contribution in [2.24, 2.45) is 5.73 Å². The second-order valence-electron chi connectivity index (χ2n) is 3.61. The Hall–Kier alpha value is -1.10. The Morgan fingerprint density at radius 3 is 2.38 bits per heavy atom. The maximum absolute atomic E-state index is 13.5. The molecular weight excluding hydrogens is 222 g/mol. The van der Waals surface area contributed by atoms with Gasteiger partial charge in [-0.15, -0.1) is 0 Å². The van der Waals surface area contributed by atoms with Gasteiger partial charge >= 0.3 is 6.18 Å². The molecule has 0 aliphatic rings. The number of hydrogen-bond acceptors (Lipinski definition) is 1. The van der Waals surface area contributed by atoms with Crippen LogP contribution in [0.2, 0.25) is 0 Å². The summed E-state index contributed by atoms with van der Waals surface area (Å²) >= 11 is 0. The van der Waals surface area contributed by atoms with Gasteiger partial charge in [0.05, 0.1) is 5.56 Å². The second-order valence-corrected chi connectivity index (χ2v) is 3.61. The molecule has 0 amide bonds. The van der Waals surface area contributed by atoms with E-state index in [0.717, 1.165) is 12.1 Å². The Labute approximate surface area is 91.3 Å². The van der Waals surface area contributed by atoms with Gasteiger partial charge in [0.1, 0.15) is 6.17 Å². The van der Waals surface area contributed by atoms with Crippen molar-refractivity contribution in [2.75, 3.05) is 6.54 Å². The van der Waals surface area contributed by atoms with Crippen LogP contribution in [0, 0.1) is 6.92 Å². The van der Waals surface area contributed by atoms with Crippen LogP contribution in [-0.2, 0) is 6.18 Å². The van der Waals surface area contributed by atoms with Gasteiger partial charge in [-0.25, -0.2) is 4.39 Å². The standard InChI is InChI=1S/C11H13F4N/c1-7-6-8(11(13,14)15)2-3-9(7)10(12)4-5-16/h2-3,6,10H,4-5,16H2,1H3. The zero-order valence-electron chi connectivity index (χ0n) is 8.81. The van der Waals surface area contributed by atoms with Crippen LogP contribution in [-0.4, -0.2) is 6.54 Å². The van der Waals surface area contributed by atoms with Crippen LogP contribution in [0.4, 0.5) is 17.6 Å². The van der Waals surface area contributed by atoms with E-state index < -0.39 is 17.9 Å². The fraction of sp³-hybridized carbons (Fsp3) is 0.455. The normalized spacial score (nSPS) is 13.9. The van der Waals surface area contributed by atoms with Gasteiger partial charge in [0, 0.05) is 0 Å². The van der Waals surface area contributed by atoms with E-state index in [1.165, 1.54) is 13.0 Å². The Morgan fingerprint density at radius 1 is 1.31 bits per heavy atom. The number of nitrogens with two attached hydrogens (primary N) is 1. The van der Waals surface area contributed by atoms with Gasteiger partial charge in [-0.3, -0.25) is 0 Å². The summed E-state index contributed by atoms with van der Waals surface area (Å²) in [6.45, 7) is 1.63. The number of benzene rings is 1. The van der Waals surface area contributed by atoms with Crippen LogP contribution in [0.3, 0.4) is 0 Å². The third-order valence-electron chi connectivity index (χ3n) is 2.35. The quantitative estimate of drug-likeness (QED) is 0.798. The first-order valence-corrected chi connectivity index (χ1v) is 4.88. The maximum atomic E-state index is 13.5. The average Bonchev–Trinajstić information content (AvgIpc) is 2.16. The largest absolute Gasteiger partial charge is 0.416 e.